The molecule has 2 N–H and O–H groups in total. The third-order valence-electron chi connectivity index (χ3n) is 3.57. The molecule has 0 saturated carbocycles. The Morgan fingerprint density at radius 1 is 1.38 bits per heavy atom. The van der Waals surface area contributed by atoms with Gasteiger partial charge in [0.15, 0.2) is 5.96 Å². The molecule has 1 atom stereocenters. The number of aromatic nitrogens is 1. The third-order valence-corrected chi connectivity index (χ3v) is 3.57. The molecule has 1 unspecified atom stereocenters. The van der Waals surface area contributed by atoms with E-state index < -0.39 is 0 Å². The Labute approximate surface area is 142 Å². The maximum atomic E-state index is 13.7. The summed E-state index contributed by atoms with van der Waals surface area (Å²) in [4.78, 5) is 8.16. The fourth-order valence-electron chi connectivity index (χ4n) is 2.13. The van der Waals surface area contributed by atoms with Gasteiger partial charge in [-0.25, -0.2) is 4.39 Å². The highest BCUT2D eigenvalue weighted by atomic mass is 19.1. The van der Waals surface area contributed by atoms with Crippen LogP contribution in [0.15, 0.2) is 47.7 Å². The first kappa shape index (κ1) is 17.7. The van der Waals surface area contributed by atoms with Gasteiger partial charge in [0.25, 0.3) is 0 Å². The second kappa shape index (κ2) is 8.86. The molecule has 0 aliphatic heterocycles. The van der Waals surface area contributed by atoms with Crippen molar-refractivity contribution in [1.29, 1.82) is 0 Å². The van der Waals surface area contributed by atoms with Crippen LogP contribution in [0.1, 0.15) is 24.1 Å². The summed E-state index contributed by atoms with van der Waals surface area (Å²) in [5, 5.41) is 6.40. The number of benzene rings is 1. The van der Waals surface area contributed by atoms with E-state index in [2.05, 4.69) is 20.6 Å². The van der Waals surface area contributed by atoms with E-state index in [9.17, 15) is 4.39 Å². The summed E-state index contributed by atoms with van der Waals surface area (Å²) in [6, 6.07) is 8.85. The number of pyridine rings is 1. The van der Waals surface area contributed by atoms with Gasteiger partial charge in [-0.15, -0.1) is 0 Å². The Bertz CT molecular complexity index is 676. The minimum absolute atomic E-state index is 0.0643. The van der Waals surface area contributed by atoms with Gasteiger partial charge in [-0.1, -0.05) is 12.1 Å². The molecule has 0 aliphatic carbocycles. The van der Waals surface area contributed by atoms with Gasteiger partial charge in [0.2, 0.25) is 0 Å². The van der Waals surface area contributed by atoms with Gasteiger partial charge in [0, 0.05) is 13.2 Å². The van der Waals surface area contributed by atoms with Crippen molar-refractivity contribution in [3.05, 3.63) is 59.7 Å². The van der Waals surface area contributed by atoms with Crippen LogP contribution in [0.4, 0.5) is 4.39 Å². The minimum Gasteiger partial charge on any atom is -0.490 e. The maximum Gasteiger partial charge on any atom is 0.191 e. The van der Waals surface area contributed by atoms with Crippen molar-refractivity contribution in [2.24, 2.45) is 4.99 Å². The summed E-state index contributed by atoms with van der Waals surface area (Å²) >= 11 is 0. The van der Waals surface area contributed by atoms with E-state index in [0.717, 1.165) is 11.3 Å². The summed E-state index contributed by atoms with van der Waals surface area (Å²) in [5.41, 5.74) is 1.51. The summed E-state index contributed by atoms with van der Waals surface area (Å²) in [5.74, 6) is 1.16. The van der Waals surface area contributed by atoms with E-state index in [1.807, 2.05) is 25.1 Å². The molecule has 0 aliphatic rings. The van der Waals surface area contributed by atoms with E-state index in [4.69, 9.17) is 4.74 Å². The maximum absolute atomic E-state index is 13.7. The SMILES string of the molecule is CN=C(NCCOc1cccnc1)NC(C)c1ccc(C)c(F)c1. The van der Waals surface area contributed by atoms with Crippen LogP contribution in [0.5, 0.6) is 5.75 Å². The van der Waals surface area contributed by atoms with E-state index in [-0.39, 0.29) is 11.9 Å². The number of rotatable bonds is 6. The highest BCUT2D eigenvalue weighted by Gasteiger charge is 2.09. The molecule has 2 rings (SSSR count). The van der Waals surface area contributed by atoms with Crippen LogP contribution in [0.3, 0.4) is 0 Å². The molecule has 1 aromatic carbocycles. The zero-order chi connectivity index (χ0) is 17.4. The predicted octanol–water partition coefficient (Wildman–Crippen LogP) is 2.83. The first-order valence-corrected chi connectivity index (χ1v) is 7.86. The number of nitrogens with zero attached hydrogens (tertiary/aromatic N) is 2. The van der Waals surface area contributed by atoms with Crippen LogP contribution in [-0.4, -0.2) is 31.1 Å². The number of ether oxygens (including phenoxy) is 1. The summed E-state index contributed by atoms with van der Waals surface area (Å²) < 4.78 is 19.2. The number of guanidine groups is 1. The second-order valence-corrected chi connectivity index (χ2v) is 5.41. The van der Waals surface area contributed by atoms with Crippen molar-refractivity contribution in [3.63, 3.8) is 0 Å². The lowest BCUT2D eigenvalue weighted by atomic mass is 10.1. The zero-order valence-corrected chi connectivity index (χ0v) is 14.2. The molecular weight excluding hydrogens is 307 g/mol. The van der Waals surface area contributed by atoms with Gasteiger partial charge < -0.3 is 15.4 Å². The number of halogens is 1. The highest BCUT2D eigenvalue weighted by molar-refractivity contribution is 5.80. The molecule has 0 saturated heterocycles. The lowest BCUT2D eigenvalue weighted by molar-refractivity contribution is 0.320. The van der Waals surface area contributed by atoms with Crippen molar-refractivity contribution in [3.8, 4) is 5.75 Å². The lowest BCUT2D eigenvalue weighted by Gasteiger charge is -2.18. The molecule has 1 heterocycles. The topological polar surface area (TPSA) is 58.5 Å². The van der Waals surface area contributed by atoms with Crippen LogP contribution in [0.2, 0.25) is 0 Å². The molecule has 128 valence electrons. The standard InChI is InChI=1S/C18H23FN4O/c1-13-6-7-15(11-17(13)19)14(2)23-18(20-3)22-9-10-24-16-5-4-8-21-12-16/h4-8,11-12,14H,9-10H2,1-3H3,(H2,20,22,23). The van der Waals surface area contributed by atoms with Crippen LogP contribution >= 0.6 is 0 Å². The van der Waals surface area contributed by atoms with Crippen molar-refractivity contribution in [1.82, 2.24) is 15.6 Å². The van der Waals surface area contributed by atoms with Gasteiger partial charge in [0.05, 0.1) is 18.8 Å². The van der Waals surface area contributed by atoms with Gasteiger partial charge in [-0.3, -0.25) is 9.98 Å². The Kier molecular flexibility index (Phi) is 6.54. The minimum atomic E-state index is -0.200. The van der Waals surface area contributed by atoms with Crippen LogP contribution in [0, 0.1) is 12.7 Å². The third kappa shape index (κ3) is 5.22. The number of nitrogens with one attached hydrogen (secondary N) is 2. The van der Waals surface area contributed by atoms with Crippen LogP contribution in [-0.2, 0) is 0 Å². The number of hydrogen-bond acceptors (Lipinski definition) is 3. The van der Waals surface area contributed by atoms with E-state index >= 15 is 0 Å². The first-order chi connectivity index (χ1) is 11.6. The van der Waals surface area contributed by atoms with Crippen molar-refractivity contribution < 1.29 is 9.13 Å². The van der Waals surface area contributed by atoms with Crippen LogP contribution in [0.25, 0.3) is 0 Å². The number of aryl methyl sites for hydroxylation is 1. The number of aliphatic imine (C=N–C) groups is 1. The molecule has 2 aromatic rings. The molecule has 0 fully saturated rings. The average Bonchev–Trinajstić information content (AvgIpc) is 2.60. The van der Waals surface area contributed by atoms with Crippen molar-refractivity contribution in [2.75, 3.05) is 20.2 Å². The van der Waals surface area contributed by atoms with Gasteiger partial charge >= 0.3 is 0 Å². The molecule has 0 amide bonds. The van der Waals surface area contributed by atoms with E-state index in [0.29, 0.717) is 24.7 Å². The van der Waals surface area contributed by atoms with Crippen molar-refractivity contribution in [2.45, 2.75) is 19.9 Å². The molecular formula is C18H23FN4O. The Hall–Kier alpha value is -2.63. The molecule has 6 heteroatoms. The molecule has 1 aromatic heterocycles. The first-order valence-electron chi connectivity index (χ1n) is 7.86. The molecule has 0 spiro atoms. The molecule has 24 heavy (non-hydrogen) atoms. The smallest absolute Gasteiger partial charge is 0.191 e. The summed E-state index contributed by atoms with van der Waals surface area (Å²) in [7, 11) is 1.69. The van der Waals surface area contributed by atoms with Crippen molar-refractivity contribution >= 4 is 5.96 Å². The van der Waals surface area contributed by atoms with Gasteiger partial charge in [-0.2, -0.15) is 0 Å². The van der Waals surface area contributed by atoms with Gasteiger partial charge in [-0.05, 0) is 43.2 Å². The number of hydrogen-bond donors (Lipinski definition) is 2. The zero-order valence-electron chi connectivity index (χ0n) is 14.2. The second-order valence-electron chi connectivity index (χ2n) is 5.41. The highest BCUT2D eigenvalue weighted by Crippen LogP contribution is 2.16. The van der Waals surface area contributed by atoms with Crippen LogP contribution < -0.4 is 15.4 Å². The lowest BCUT2D eigenvalue weighted by Crippen LogP contribution is -2.40. The van der Waals surface area contributed by atoms with Gasteiger partial charge in [0.1, 0.15) is 18.2 Å². The normalized spacial score (nSPS) is 12.6. The van der Waals surface area contributed by atoms with E-state index in [1.54, 1.807) is 38.5 Å². The molecule has 0 bridgehead atoms. The summed E-state index contributed by atoms with van der Waals surface area (Å²) in [6.07, 6.45) is 3.37. The quantitative estimate of drug-likeness (QED) is 0.486. The fourth-order valence-corrected chi connectivity index (χ4v) is 2.13. The predicted molar refractivity (Wildman–Crippen MR) is 93.8 cm³/mol. The Morgan fingerprint density at radius 2 is 2.21 bits per heavy atom. The molecule has 0 radical (unpaired) electrons. The fraction of sp³-hybridized carbons (Fsp3) is 0.333. The largest absolute Gasteiger partial charge is 0.490 e. The Morgan fingerprint density at radius 3 is 2.88 bits per heavy atom. The van der Waals surface area contributed by atoms with E-state index in [1.165, 1.54) is 0 Å². The Balaban J connectivity index is 1.80. The molecule has 5 nitrogen and oxygen atoms in total. The monoisotopic (exact) mass is 330 g/mol. The average molecular weight is 330 g/mol. The summed E-state index contributed by atoms with van der Waals surface area (Å²) in [6.45, 7) is 4.78.